The van der Waals surface area contributed by atoms with Crippen LogP contribution in [0.2, 0.25) is 0 Å². The van der Waals surface area contributed by atoms with Crippen LogP contribution in [0.15, 0.2) is 0 Å². The van der Waals surface area contributed by atoms with Crippen LogP contribution in [0, 0.1) is 0 Å². The highest BCUT2D eigenvalue weighted by molar-refractivity contribution is 5.75. The van der Waals surface area contributed by atoms with Gasteiger partial charge < -0.3 is 15.3 Å². The first-order valence-electron chi connectivity index (χ1n) is 4.45. The number of carbonyl (C=O) groups excluding carboxylic acids is 1. The van der Waals surface area contributed by atoms with E-state index in [1.54, 1.807) is 4.90 Å². The molecule has 5 nitrogen and oxygen atoms in total. The lowest BCUT2D eigenvalue weighted by molar-refractivity contribution is -0.136. The Bertz CT molecular complexity index is 200. The van der Waals surface area contributed by atoms with Crippen molar-refractivity contribution in [1.82, 2.24) is 10.2 Å². The largest absolute Gasteiger partial charge is 0.481 e. The lowest BCUT2D eigenvalue weighted by Gasteiger charge is -2.15. The summed E-state index contributed by atoms with van der Waals surface area (Å²) in [7, 11) is 0. The van der Waals surface area contributed by atoms with Gasteiger partial charge in [0.2, 0.25) is 0 Å². The fourth-order valence-corrected chi connectivity index (χ4v) is 1.31. The molecule has 1 fully saturated rings. The minimum Gasteiger partial charge on any atom is -0.481 e. The molecule has 0 aliphatic carbocycles. The molecule has 5 heteroatoms. The molecule has 1 aliphatic heterocycles. The number of carboxylic acid groups (broad SMARTS) is 1. The Labute approximate surface area is 76.7 Å². The smallest absolute Gasteiger partial charge is 0.317 e. The molecule has 1 saturated heterocycles. The van der Waals surface area contributed by atoms with E-state index in [1.807, 2.05) is 0 Å². The van der Waals surface area contributed by atoms with E-state index < -0.39 is 5.97 Å². The van der Waals surface area contributed by atoms with Crippen LogP contribution < -0.4 is 5.32 Å². The molecule has 0 saturated carbocycles. The summed E-state index contributed by atoms with van der Waals surface area (Å²) in [5, 5.41) is 10.9. The third-order valence-electron chi connectivity index (χ3n) is 2.01. The van der Waals surface area contributed by atoms with Crippen LogP contribution in [0.3, 0.4) is 0 Å². The average molecular weight is 186 g/mol. The van der Waals surface area contributed by atoms with Gasteiger partial charge in [-0.3, -0.25) is 4.79 Å². The number of nitrogens with zero attached hydrogens (tertiary/aromatic N) is 1. The van der Waals surface area contributed by atoms with Crippen molar-refractivity contribution in [3.8, 4) is 0 Å². The lowest BCUT2D eigenvalue weighted by atomic mass is 10.4. The van der Waals surface area contributed by atoms with E-state index >= 15 is 0 Å². The van der Waals surface area contributed by atoms with Crippen molar-refractivity contribution >= 4 is 12.0 Å². The van der Waals surface area contributed by atoms with Crippen molar-refractivity contribution in [2.75, 3.05) is 19.6 Å². The Morgan fingerprint density at radius 3 is 2.46 bits per heavy atom. The molecule has 0 bridgehead atoms. The SMILES string of the molecule is O=C(O)CCNC(=O)N1CCCC1. The summed E-state index contributed by atoms with van der Waals surface area (Å²) in [5.74, 6) is -0.887. The third-order valence-corrected chi connectivity index (χ3v) is 2.01. The molecule has 0 atom stereocenters. The molecule has 0 aromatic rings. The topological polar surface area (TPSA) is 69.6 Å². The maximum atomic E-state index is 11.2. The van der Waals surface area contributed by atoms with Gasteiger partial charge in [0, 0.05) is 19.6 Å². The minimum absolute atomic E-state index is 0.0143. The molecular weight excluding hydrogens is 172 g/mol. The number of rotatable bonds is 3. The third kappa shape index (κ3) is 3.31. The second-order valence-electron chi connectivity index (χ2n) is 3.07. The highest BCUT2D eigenvalue weighted by atomic mass is 16.4. The number of urea groups is 1. The van der Waals surface area contributed by atoms with E-state index in [9.17, 15) is 9.59 Å². The van der Waals surface area contributed by atoms with Gasteiger partial charge in [0.1, 0.15) is 0 Å². The number of carbonyl (C=O) groups is 2. The van der Waals surface area contributed by atoms with Gasteiger partial charge in [-0.05, 0) is 12.8 Å². The molecule has 0 radical (unpaired) electrons. The molecular formula is C8H14N2O3. The molecule has 2 N–H and O–H groups in total. The van der Waals surface area contributed by atoms with E-state index in [1.165, 1.54) is 0 Å². The highest BCUT2D eigenvalue weighted by Gasteiger charge is 2.16. The zero-order valence-corrected chi connectivity index (χ0v) is 7.45. The number of carboxylic acids is 1. The van der Waals surface area contributed by atoms with Crippen LogP contribution in [-0.2, 0) is 4.79 Å². The summed E-state index contributed by atoms with van der Waals surface area (Å²) in [4.78, 5) is 23.1. The maximum absolute atomic E-state index is 11.2. The molecule has 0 aromatic heterocycles. The van der Waals surface area contributed by atoms with E-state index in [2.05, 4.69) is 5.32 Å². The Balaban J connectivity index is 2.13. The number of hydrogen-bond donors (Lipinski definition) is 2. The van der Waals surface area contributed by atoms with Crippen LogP contribution in [-0.4, -0.2) is 41.6 Å². The van der Waals surface area contributed by atoms with E-state index in [0.717, 1.165) is 25.9 Å². The van der Waals surface area contributed by atoms with Gasteiger partial charge in [0.05, 0.1) is 6.42 Å². The molecule has 1 heterocycles. The Hall–Kier alpha value is -1.26. The van der Waals surface area contributed by atoms with Crippen LogP contribution in [0.25, 0.3) is 0 Å². The van der Waals surface area contributed by atoms with Crippen LogP contribution in [0.5, 0.6) is 0 Å². The van der Waals surface area contributed by atoms with Gasteiger partial charge >= 0.3 is 12.0 Å². The standard InChI is InChI=1S/C8H14N2O3/c11-7(12)3-4-9-8(13)10-5-1-2-6-10/h1-6H2,(H,9,13)(H,11,12). The second kappa shape index (κ2) is 4.69. The lowest BCUT2D eigenvalue weighted by Crippen LogP contribution is -2.38. The van der Waals surface area contributed by atoms with Crippen LogP contribution >= 0.6 is 0 Å². The Morgan fingerprint density at radius 1 is 1.31 bits per heavy atom. The maximum Gasteiger partial charge on any atom is 0.317 e. The van der Waals surface area contributed by atoms with Crippen molar-refractivity contribution in [2.24, 2.45) is 0 Å². The van der Waals surface area contributed by atoms with E-state index in [0.29, 0.717) is 0 Å². The van der Waals surface area contributed by atoms with Crippen molar-refractivity contribution < 1.29 is 14.7 Å². The summed E-state index contributed by atoms with van der Waals surface area (Å²) in [6, 6.07) is -0.140. The summed E-state index contributed by atoms with van der Waals surface area (Å²) >= 11 is 0. The predicted molar refractivity (Wildman–Crippen MR) is 46.5 cm³/mol. The molecule has 2 amide bonds. The molecule has 0 spiro atoms. The first kappa shape index (κ1) is 9.83. The molecule has 1 rings (SSSR count). The van der Waals surface area contributed by atoms with Crippen molar-refractivity contribution in [3.63, 3.8) is 0 Å². The summed E-state index contributed by atoms with van der Waals surface area (Å²) in [6.45, 7) is 1.79. The summed E-state index contributed by atoms with van der Waals surface area (Å²) < 4.78 is 0. The fourth-order valence-electron chi connectivity index (χ4n) is 1.31. The van der Waals surface area contributed by atoms with Gasteiger partial charge in [0.25, 0.3) is 0 Å². The number of likely N-dealkylation sites (tertiary alicyclic amines) is 1. The Morgan fingerprint density at radius 2 is 1.92 bits per heavy atom. The van der Waals surface area contributed by atoms with Crippen molar-refractivity contribution in [3.05, 3.63) is 0 Å². The number of aliphatic carboxylic acids is 1. The number of amides is 2. The Kier molecular flexibility index (Phi) is 3.54. The van der Waals surface area contributed by atoms with E-state index in [-0.39, 0.29) is 19.0 Å². The van der Waals surface area contributed by atoms with Crippen LogP contribution in [0.1, 0.15) is 19.3 Å². The number of nitrogens with one attached hydrogen (secondary N) is 1. The first-order chi connectivity index (χ1) is 6.20. The summed E-state index contributed by atoms with van der Waals surface area (Å²) in [6.07, 6.45) is 2.08. The fraction of sp³-hybridized carbons (Fsp3) is 0.750. The molecule has 0 aromatic carbocycles. The quantitative estimate of drug-likeness (QED) is 0.664. The van der Waals surface area contributed by atoms with Gasteiger partial charge in [-0.25, -0.2) is 4.79 Å². The van der Waals surface area contributed by atoms with Gasteiger partial charge in [-0.2, -0.15) is 0 Å². The van der Waals surface area contributed by atoms with E-state index in [4.69, 9.17) is 5.11 Å². The first-order valence-corrected chi connectivity index (χ1v) is 4.45. The van der Waals surface area contributed by atoms with Crippen LogP contribution in [0.4, 0.5) is 4.79 Å². The highest BCUT2D eigenvalue weighted by Crippen LogP contribution is 2.06. The van der Waals surface area contributed by atoms with Crippen molar-refractivity contribution in [1.29, 1.82) is 0 Å². The zero-order chi connectivity index (χ0) is 9.68. The second-order valence-corrected chi connectivity index (χ2v) is 3.07. The molecule has 74 valence electrons. The van der Waals surface area contributed by atoms with Gasteiger partial charge in [-0.1, -0.05) is 0 Å². The van der Waals surface area contributed by atoms with Gasteiger partial charge in [-0.15, -0.1) is 0 Å². The molecule has 1 aliphatic rings. The summed E-state index contributed by atoms with van der Waals surface area (Å²) in [5.41, 5.74) is 0. The predicted octanol–water partition coefficient (Wildman–Crippen LogP) is 0.267. The van der Waals surface area contributed by atoms with Gasteiger partial charge in [0.15, 0.2) is 0 Å². The zero-order valence-electron chi connectivity index (χ0n) is 7.45. The molecule has 13 heavy (non-hydrogen) atoms. The molecule has 0 unspecified atom stereocenters. The number of hydrogen-bond acceptors (Lipinski definition) is 2. The monoisotopic (exact) mass is 186 g/mol. The normalized spacial score (nSPS) is 15.8. The average Bonchev–Trinajstić information content (AvgIpc) is 2.55. The van der Waals surface area contributed by atoms with Crippen molar-refractivity contribution in [2.45, 2.75) is 19.3 Å². The minimum atomic E-state index is -0.887.